The summed E-state index contributed by atoms with van der Waals surface area (Å²) in [5.41, 5.74) is 1.09. The summed E-state index contributed by atoms with van der Waals surface area (Å²) in [6, 6.07) is 12.4. The standard InChI is InChI=1S/C13H11IO/c1-9(15)7-10-5-6-12-11(8-10)3-2-4-13(12)14/h2-6,8H,7H2,1H3. The molecule has 76 valence electrons. The molecule has 0 amide bonds. The minimum absolute atomic E-state index is 0.208. The number of Topliss-reactive ketones (excluding diaryl/α,β-unsaturated/α-hetero) is 1. The summed E-state index contributed by atoms with van der Waals surface area (Å²) < 4.78 is 1.25. The van der Waals surface area contributed by atoms with Gasteiger partial charge < -0.3 is 0 Å². The summed E-state index contributed by atoms with van der Waals surface area (Å²) in [7, 11) is 0. The van der Waals surface area contributed by atoms with Crippen LogP contribution in [0.1, 0.15) is 12.5 Å². The maximum absolute atomic E-state index is 11.0. The van der Waals surface area contributed by atoms with Crippen LogP contribution in [-0.4, -0.2) is 5.78 Å². The molecule has 0 unspecified atom stereocenters. The van der Waals surface area contributed by atoms with Gasteiger partial charge >= 0.3 is 0 Å². The molecule has 0 aromatic heterocycles. The zero-order valence-electron chi connectivity index (χ0n) is 8.46. The highest BCUT2D eigenvalue weighted by atomic mass is 127. The molecule has 0 radical (unpaired) electrons. The van der Waals surface area contributed by atoms with Crippen LogP contribution in [-0.2, 0) is 11.2 Å². The Kier molecular flexibility index (Phi) is 3.05. The molecular formula is C13H11IO. The highest BCUT2D eigenvalue weighted by molar-refractivity contribution is 14.1. The van der Waals surface area contributed by atoms with Crippen molar-refractivity contribution in [3.8, 4) is 0 Å². The van der Waals surface area contributed by atoms with Crippen molar-refractivity contribution in [1.29, 1.82) is 0 Å². The summed E-state index contributed by atoms with van der Waals surface area (Å²) in [5, 5.41) is 2.46. The number of carbonyl (C=O) groups excluding carboxylic acids is 1. The second-order valence-corrected chi connectivity index (χ2v) is 4.84. The van der Waals surface area contributed by atoms with E-state index in [2.05, 4.69) is 46.9 Å². The number of carbonyl (C=O) groups is 1. The highest BCUT2D eigenvalue weighted by Crippen LogP contribution is 2.21. The Hall–Kier alpha value is -0.900. The van der Waals surface area contributed by atoms with Crippen LogP contribution in [0.15, 0.2) is 36.4 Å². The lowest BCUT2D eigenvalue weighted by Gasteiger charge is -2.03. The Morgan fingerprint density at radius 2 is 2.07 bits per heavy atom. The molecule has 0 aliphatic rings. The largest absolute Gasteiger partial charge is 0.300 e. The van der Waals surface area contributed by atoms with Crippen LogP contribution in [0.2, 0.25) is 0 Å². The van der Waals surface area contributed by atoms with Gasteiger partial charge in [-0.25, -0.2) is 0 Å². The second kappa shape index (κ2) is 4.31. The van der Waals surface area contributed by atoms with Gasteiger partial charge in [0.25, 0.3) is 0 Å². The fourth-order valence-corrected chi connectivity index (χ4v) is 2.39. The van der Waals surface area contributed by atoms with E-state index in [1.165, 1.54) is 14.3 Å². The van der Waals surface area contributed by atoms with Gasteiger partial charge in [0.1, 0.15) is 5.78 Å². The fourth-order valence-electron chi connectivity index (χ4n) is 1.69. The van der Waals surface area contributed by atoms with Gasteiger partial charge in [0.05, 0.1) is 0 Å². The molecule has 0 aliphatic carbocycles. The molecule has 0 fully saturated rings. The van der Waals surface area contributed by atoms with Gasteiger partial charge in [0.15, 0.2) is 0 Å². The van der Waals surface area contributed by atoms with E-state index in [0.717, 1.165) is 5.56 Å². The molecule has 0 heterocycles. The predicted octanol–water partition coefficient (Wildman–Crippen LogP) is 3.58. The molecule has 0 N–H and O–H groups in total. The quantitative estimate of drug-likeness (QED) is 0.775. The number of halogens is 1. The van der Waals surface area contributed by atoms with E-state index in [0.29, 0.717) is 6.42 Å². The summed E-state index contributed by atoms with van der Waals surface area (Å²) in [4.78, 5) is 11.0. The van der Waals surface area contributed by atoms with Crippen LogP contribution in [0.25, 0.3) is 10.8 Å². The SMILES string of the molecule is CC(=O)Cc1ccc2c(I)cccc2c1. The van der Waals surface area contributed by atoms with Gasteiger partial charge in [-0.1, -0.05) is 30.3 Å². The monoisotopic (exact) mass is 310 g/mol. The van der Waals surface area contributed by atoms with Crippen molar-refractivity contribution in [2.75, 3.05) is 0 Å². The van der Waals surface area contributed by atoms with E-state index in [4.69, 9.17) is 0 Å². The molecule has 1 nitrogen and oxygen atoms in total. The Bertz CT molecular complexity index is 517. The number of benzene rings is 2. The first-order valence-electron chi connectivity index (χ1n) is 4.83. The van der Waals surface area contributed by atoms with E-state index >= 15 is 0 Å². The number of fused-ring (bicyclic) bond motifs is 1. The molecular weight excluding hydrogens is 299 g/mol. The van der Waals surface area contributed by atoms with Gasteiger partial charge in [-0.15, -0.1) is 0 Å². The number of hydrogen-bond acceptors (Lipinski definition) is 1. The van der Waals surface area contributed by atoms with Crippen LogP contribution in [0.4, 0.5) is 0 Å². The van der Waals surface area contributed by atoms with Crippen LogP contribution >= 0.6 is 22.6 Å². The Labute approximate surface area is 103 Å². The topological polar surface area (TPSA) is 17.1 Å². The van der Waals surface area contributed by atoms with E-state index in [1.807, 2.05) is 12.1 Å². The Morgan fingerprint density at radius 1 is 1.27 bits per heavy atom. The molecule has 2 aromatic carbocycles. The van der Waals surface area contributed by atoms with Crippen LogP contribution < -0.4 is 0 Å². The maximum Gasteiger partial charge on any atom is 0.134 e. The lowest BCUT2D eigenvalue weighted by molar-refractivity contribution is -0.116. The summed E-state index contributed by atoms with van der Waals surface area (Å²) in [6.45, 7) is 1.62. The van der Waals surface area contributed by atoms with Crippen LogP contribution in [0, 0.1) is 3.57 Å². The molecule has 0 bridgehead atoms. The zero-order chi connectivity index (χ0) is 10.8. The number of ketones is 1. The zero-order valence-corrected chi connectivity index (χ0v) is 10.6. The molecule has 0 saturated carbocycles. The molecule has 0 atom stereocenters. The minimum atomic E-state index is 0.208. The van der Waals surface area contributed by atoms with Gasteiger partial charge in [0.2, 0.25) is 0 Å². The average Bonchev–Trinajstić information content (AvgIpc) is 2.17. The first-order valence-corrected chi connectivity index (χ1v) is 5.91. The lowest BCUT2D eigenvalue weighted by Crippen LogP contribution is -1.95. The van der Waals surface area contributed by atoms with E-state index in [-0.39, 0.29) is 5.78 Å². The molecule has 2 aromatic rings. The third-order valence-corrected chi connectivity index (χ3v) is 3.29. The third kappa shape index (κ3) is 2.37. The van der Waals surface area contributed by atoms with E-state index in [1.54, 1.807) is 6.92 Å². The van der Waals surface area contributed by atoms with Gasteiger partial charge in [0, 0.05) is 9.99 Å². The van der Waals surface area contributed by atoms with Gasteiger partial charge in [-0.3, -0.25) is 4.79 Å². The number of hydrogen-bond donors (Lipinski definition) is 0. The Balaban J connectivity index is 2.52. The molecule has 15 heavy (non-hydrogen) atoms. The molecule has 0 spiro atoms. The average molecular weight is 310 g/mol. The summed E-state index contributed by atoms with van der Waals surface area (Å²) >= 11 is 2.33. The van der Waals surface area contributed by atoms with Crippen molar-refractivity contribution >= 4 is 39.1 Å². The first kappa shape index (κ1) is 10.6. The van der Waals surface area contributed by atoms with Gasteiger partial charge in [-0.2, -0.15) is 0 Å². The van der Waals surface area contributed by atoms with E-state index < -0.39 is 0 Å². The predicted molar refractivity (Wildman–Crippen MR) is 71.1 cm³/mol. The normalized spacial score (nSPS) is 10.5. The van der Waals surface area contributed by atoms with Crippen molar-refractivity contribution in [3.05, 3.63) is 45.5 Å². The Morgan fingerprint density at radius 3 is 2.80 bits per heavy atom. The van der Waals surface area contributed by atoms with Crippen molar-refractivity contribution in [2.45, 2.75) is 13.3 Å². The minimum Gasteiger partial charge on any atom is -0.300 e. The van der Waals surface area contributed by atoms with Crippen LogP contribution in [0.5, 0.6) is 0 Å². The second-order valence-electron chi connectivity index (χ2n) is 3.67. The highest BCUT2D eigenvalue weighted by Gasteiger charge is 2.01. The molecule has 0 saturated heterocycles. The van der Waals surface area contributed by atoms with Crippen molar-refractivity contribution < 1.29 is 4.79 Å². The third-order valence-electron chi connectivity index (χ3n) is 2.34. The van der Waals surface area contributed by atoms with Crippen molar-refractivity contribution in [2.24, 2.45) is 0 Å². The van der Waals surface area contributed by atoms with Crippen molar-refractivity contribution in [3.63, 3.8) is 0 Å². The van der Waals surface area contributed by atoms with Crippen molar-refractivity contribution in [1.82, 2.24) is 0 Å². The molecule has 2 heteroatoms. The molecule has 2 rings (SSSR count). The van der Waals surface area contributed by atoms with E-state index in [9.17, 15) is 4.79 Å². The summed E-state index contributed by atoms with van der Waals surface area (Å²) in [6.07, 6.45) is 0.529. The first-order chi connectivity index (χ1) is 7.16. The number of rotatable bonds is 2. The lowest BCUT2D eigenvalue weighted by atomic mass is 10.0. The molecule has 0 aliphatic heterocycles. The van der Waals surface area contributed by atoms with Gasteiger partial charge in [-0.05, 0) is 51.9 Å². The summed E-state index contributed by atoms with van der Waals surface area (Å²) in [5.74, 6) is 0.208. The maximum atomic E-state index is 11.0. The van der Waals surface area contributed by atoms with Crippen LogP contribution in [0.3, 0.4) is 0 Å². The fraction of sp³-hybridized carbons (Fsp3) is 0.154. The smallest absolute Gasteiger partial charge is 0.134 e.